The predicted molar refractivity (Wildman–Crippen MR) is 62.2 cm³/mol. The van der Waals surface area contributed by atoms with E-state index in [1.165, 1.54) is 6.42 Å². The average Bonchev–Trinajstić information content (AvgIpc) is 2.29. The molecule has 1 amide bonds. The Kier molecular flexibility index (Phi) is 3.82. The molecular weight excluding hydrogens is 204 g/mol. The molecule has 4 heteroatoms. The molecule has 0 aromatic rings. The van der Waals surface area contributed by atoms with Gasteiger partial charge in [-0.05, 0) is 32.2 Å². The smallest absolute Gasteiger partial charge is 0.240 e. The zero-order valence-corrected chi connectivity index (χ0v) is 10.2. The van der Waals surface area contributed by atoms with Gasteiger partial charge in [-0.1, -0.05) is 6.92 Å². The zero-order chi connectivity index (χ0) is 11.5. The van der Waals surface area contributed by atoms with Crippen LogP contribution < -0.4 is 5.32 Å². The Labute approximate surface area is 97.3 Å². The first kappa shape index (κ1) is 11.9. The first-order chi connectivity index (χ1) is 7.70. The van der Waals surface area contributed by atoms with Crippen molar-refractivity contribution < 1.29 is 9.53 Å². The molecule has 2 aliphatic heterocycles. The molecule has 3 unspecified atom stereocenters. The van der Waals surface area contributed by atoms with Crippen LogP contribution in [0.2, 0.25) is 0 Å². The van der Waals surface area contributed by atoms with Gasteiger partial charge >= 0.3 is 0 Å². The van der Waals surface area contributed by atoms with E-state index >= 15 is 0 Å². The molecule has 3 atom stereocenters. The molecule has 0 saturated carbocycles. The van der Waals surface area contributed by atoms with Gasteiger partial charge in [0.2, 0.25) is 5.91 Å². The third kappa shape index (κ3) is 2.38. The number of carbonyl (C=O) groups excluding carboxylic acids is 1. The van der Waals surface area contributed by atoms with Gasteiger partial charge < -0.3 is 15.0 Å². The number of ether oxygens (including phenoxy) is 1. The van der Waals surface area contributed by atoms with E-state index in [9.17, 15) is 4.79 Å². The molecule has 0 aliphatic carbocycles. The summed E-state index contributed by atoms with van der Waals surface area (Å²) in [6.07, 6.45) is 2.34. The molecule has 1 N–H and O–H groups in total. The van der Waals surface area contributed by atoms with Crippen LogP contribution in [-0.2, 0) is 9.53 Å². The van der Waals surface area contributed by atoms with E-state index in [4.69, 9.17) is 4.74 Å². The van der Waals surface area contributed by atoms with Crippen molar-refractivity contribution in [3.63, 3.8) is 0 Å². The minimum atomic E-state index is 0.0225. The molecule has 0 aromatic heterocycles. The second-order valence-electron chi connectivity index (χ2n) is 5.01. The number of hydrogen-bond acceptors (Lipinski definition) is 3. The summed E-state index contributed by atoms with van der Waals surface area (Å²) < 4.78 is 5.36. The Hall–Kier alpha value is -0.610. The molecule has 4 nitrogen and oxygen atoms in total. The van der Waals surface area contributed by atoms with E-state index in [0.717, 1.165) is 19.5 Å². The van der Waals surface area contributed by atoms with Crippen LogP contribution in [0.1, 0.15) is 26.7 Å². The fourth-order valence-electron chi connectivity index (χ4n) is 2.61. The number of hydrogen-bond donors (Lipinski definition) is 1. The molecule has 0 spiro atoms. The van der Waals surface area contributed by atoms with Crippen LogP contribution in [0.4, 0.5) is 0 Å². The second kappa shape index (κ2) is 5.15. The van der Waals surface area contributed by atoms with Gasteiger partial charge in [0.25, 0.3) is 0 Å². The minimum Gasteiger partial charge on any atom is -0.377 e. The van der Waals surface area contributed by atoms with Crippen LogP contribution in [0.3, 0.4) is 0 Å². The lowest BCUT2D eigenvalue weighted by Gasteiger charge is -2.38. The molecule has 16 heavy (non-hydrogen) atoms. The molecule has 2 saturated heterocycles. The Bertz CT molecular complexity index is 233. The van der Waals surface area contributed by atoms with Crippen molar-refractivity contribution in [2.75, 3.05) is 26.3 Å². The summed E-state index contributed by atoms with van der Waals surface area (Å²) in [4.78, 5) is 14.4. The average molecular weight is 226 g/mol. The fraction of sp³-hybridized carbons (Fsp3) is 0.917. The Morgan fingerprint density at radius 3 is 2.94 bits per heavy atom. The van der Waals surface area contributed by atoms with Crippen LogP contribution in [0.25, 0.3) is 0 Å². The van der Waals surface area contributed by atoms with E-state index in [2.05, 4.69) is 19.2 Å². The van der Waals surface area contributed by atoms with Gasteiger partial charge in [0.15, 0.2) is 0 Å². The van der Waals surface area contributed by atoms with Gasteiger partial charge in [0.1, 0.15) is 0 Å². The van der Waals surface area contributed by atoms with Crippen LogP contribution in [0, 0.1) is 5.92 Å². The largest absolute Gasteiger partial charge is 0.377 e. The molecule has 0 aromatic carbocycles. The second-order valence-corrected chi connectivity index (χ2v) is 5.01. The topological polar surface area (TPSA) is 41.6 Å². The summed E-state index contributed by atoms with van der Waals surface area (Å²) >= 11 is 0. The van der Waals surface area contributed by atoms with E-state index in [1.54, 1.807) is 0 Å². The van der Waals surface area contributed by atoms with Gasteiger partial charge in [-0.25, -0.2) is 0 Å². The first-order valence-corrected chi connectivity index (χ1v) is 6.31. The summed E-state index contributed by atoms with van der Waals surface area (Å²) in [6.45, 7) is 7.29. The molecule has 2 fully saturated rings. The summed E-state index contributed by atoms with van der Waals surface area (Å²) in [7, 11) is 0. The molecule has 92 valence electrons. The van der Waals surface area contributed by atoms with Crippen molar-refractivity contribution in [2.45, 2.75) is 38.8 Å². The van der Waals surface area contributed by atoms with Crippen molar-refractivity contribution in [3.05, 3.63) is 0 Å². The van der Waals surface area contributed by atoms with Gasteiger partial charge in [0, 0.05) is 6.54 Å². The summed E-state index contributed by atoms with van der Waals surface area (Å²) in [6, 6.07) is 0.242. The quantitative estimate of drug-likeness (QED) is 0.713. The highest BCUT2D eigenvalue weighted by Crippen LogP contribution is 2.19. The normalized spacial score (nSPS) is 36.1. The van der Waals surface area contributed by atoms with E-state index in [1.807, 2.05) is 4.90 Å². The van der Waals surface area contributed by atoms with Gasteiger partial charge in [0.05, 0.1) is 25.3 Å². The van der Waals surface area contributed by atoms with Gasteiger partial charge in [-0.15, -0.1) is 0 Å². The van der Waals surface area contributed by atoms with Crippen LogP contribution in [0.15, 0.2) is 0 Å². The van der Waals surface area contributed by atoms with E-state index in [0.29, 0.717) is 19.1 Å². The number of piperidine rings is 1. The van der Waals surface area contributed by atoms with Gasteiger partial charge in [-0.2, -0.15) is 0 Å². The molecule has 2 rings (SSSR count). The Morgan fingerprint density at radius 2 is 2.25 bits per heavy atom. The predicted octanol–water partition coefficient (Wildman–Crippen LogP) is 0.622. The van der Waals surface area contributed by atoms with Crippen molar-refractivity contribution >= 4 is 5.91 Å². The van der Waals surface area contributed by atoms with Crippen LogP contribution >= 0.6 is 0 Å². The maximum Gasteiger partial charge on any atom is 0.240 e. The number of carbonyl (C=O) groups is 1. The Morgan fingerprint density at radius 1 is 1.44 bits per heavy atom. The number of nitrogens with one attached hydrogen (secondary N) is 1. The highest BCUT2D eigenvalue weighted by atomic mass is 16.5. The summed E-state index contributed by atoms with van der Waals surface area (Å²) in [5.41, 5.74) is 0. The lowest BCUT2D eigenvalue weighted by molar-refractivity contribution is -0.143. The maximum absolute atomic E-state index is 12.4. The number of rotatable bonds is 1. The maximum atomic E-state index is 12.4. The summed E-state index contributed by atoms with van der Waals surface area (Å²) in [5.74, 6) is 0.722. The van der Waals surface area contributed by atoms with E-state index < -0.39 is 0 Å². The number of morpholine rings is 1. The highest BCUT2D eigenvalue weighted by molar-refractivity contribution is 5.82. The van der Waals surface area contributed by atoms with E-state index in [-0.39, 0.29) is 18.0 Å². The molecular formula is C12H22N2O2. The van der Waals surface area contributed by atoms with Crippen LogP contribution in [-0.4, -0.2) is 49.2 Å². The first-order valence-electron chi connectivity index (χ1n) is 6.31. The van der Waals surface area contributed by atoms with Crippen molar-refractivity contribution in [3.8, 4) is 0 Å². The number of amides is 1. The van der Waals surface area contributed by atoms with Gasteiger partial charge in [-0.3, -0.25) is 4.79 Å². The minimum absolute atomic E-state index is 0.0225. The third-order valence-corrected chi connectivity index (χ3v) is 3.69. The lowest BCUT2D eigenvalue weighted by atomic mass is 9.91. The highest BCUT2D eigenvalue weighted by Gasteiger charge is 2.33. The number of nitrogens with zero attached hydrogens (tertiary/aromatic N) is 1. The third-order valence-electron chi connectivity index (χ3n) is 3.69. The summed E-state index contributed by atoms with van der Waals surface area (Å²) in [5, 5.41) is 3.35. The fourth-order valence-corrected chi connectivity index (χ4v) is 2.61. The SMILES string of the molecule is CC1CCCNC1C(=O)N1CCOCC1C. The van der Waals surface area contributed by atoms with Crippen molar-refractivity contribution in [2.24, 2.45) is 5.92 Å². The zero-order valence-electron chi connectivity index (χ0n) is 10.2. The molecule has 0 radical (unpaired) electrons. The molecule has 0 bridgehead atoms. The molecule has 2 aliphatic rings. The monoisotopic (exact) mass is 226 g/mol. The lowest BCUT2D eigenvalue weighted by Crippen LogP contribution is -2.57. The Balaban J connectivity index is 1.99. The van der Waals surface area contributed by atoms with Crippen LogP contribution in [0.5, 0.6) is 0 Å². The van der Waals surface area contributed by atoms with Crippen molar-refractivity contribution in [1.29, 1.82) is 0 Å². The molecule has 2 heterocycles. The standard InChI is InChI=1S/C12H22N2O2/c1-9-4-3-5-13-11(9)12(15)14-6-7-16-8-10(14)2/h9-11,13H,3-8H2,1-2H3. The van der Waals surface area contributed by atoms with Crippen molar-refractivity contribution in [1.82, 2.24) is 10.2 Å².